The summed E-state index contributed by atoms with van der Waals surface area (Å²) in [6.45, 7) is 7.41. The van der Waals surface area contributed by atoms with Gasteiger partial charge in [-0.15, -0.1) is 0 Å². The number of rotatable bonds is 4. The quantitative estimate of drug-likeness (QED) is 0.269. The minimum Gasteiger partial charge on any atom is -0.352 e. The first-order chi connectivity index (χ1) is 19.0. The van der Waals surface area contributed by atoms with Gasteiger partial charge in [-0.1, -0.05) is 74.9 Å². The predicted octanol–water partition coefficient (Wildman–Crippen LogP) is 5.49. The smallest absolute Gasteiger partial charge is 0.270 e. The summed E-state index contributed by atoms with van der Waals surface area (Å²) in [4.78, 5) is 56.4. The maximum absolute atomic E-state index is 14.7. The highest BCUT2D eigenvalue weighted by molar-refractivity contribution is 6.17. The molecule has 1 N–H and O–H groups in total. The maximum Gasteiger partial charge on any atom is 0.270 e. The van der Waals surface area contributed by atoms with Crippen molar-refractivity contribution in [3.05, 3.63) is 105 Å². The Bertz CT molecular complexity index is 1650. The van der Waals surface area contributed by atoms with Gasteiger partial charge in [0.2, 0.25) is 5.91 Å². The van der Waals surface area contributed by atoms with Crippen LogP contribution in [0.3, 0.4) is 0 Å². The zero-order chi connectivity index (χ0) is 28.6. The SMILES string of the molecule is Cc1ccc2c(c1)C=C[C@@H]1N2[C@H](C(=O)C(C)(C)C)[C@@H](C(=O)c2cccc([N+](=O)[O-])c2)[C@]12C(=O)Nc1ccccc12. The zero-order valence-corrected chi connectivity index (χ0v) is 22.7. The van der Waals surface area contributed by atoms with E-state index in [1.807, 2.05) is 81.1 Å². The summed E-state index contributed by atoms with van der Waals surface area (Å²) < 4.78 is 0. The van der Waals surface area contributed by atoms with Gasteiger partial charge in [-0.05, 0) is 36.2 Å². The highest BCUT2D eigenvalue weighted by Crippen LogP contribution is 2.58. The van der Waals surface area contributed by atoms with E-state index in [4.69, 9.17) is 0 Å². The van der Waals surface area contributed by atoms with Crippen LogP contribution < -0.4 is 10.2 Å². The minimum absolute atomic E-state index is 0.0930. The number of para-hydroxylation sites is 1. The molecular formula is C32H29N3O5. The van der Waals surface area contributed by atoms with E-state index >= 15 is 0 Å². The van der Waals surface area contributed by atoms with Crippen molar-refractivity contribution in [1.82, 2.24) is 0 Å². The first kappa shape index (κ1) is 25.7. The molecule has 202 valence electrons. The molecule has 0 saturated carbocycles. The maximum atomic E-state index is 14.7. The molecule has 8 heteroatoms. The Labute approximate surface area is 231 Å². The number of amides is 1. The molecule has 1 fully saturated rings. The van der Waals surface area contributed by atoms with Gasteiger partial charge in [-0.25, -0.2) is 0 Å². The highest BCUT2D eigenvalue weighted by Gasteiger charge is 2.70. The molecule has 3 aliphatic heterocycles. The fourth-order valence-electron chi connectivity index (χ4n) is 6.69. The second kappa shape index (κ2) is 8.71. The molecule has 6 rings (SSSR count). The summed E-state index contributed by atoms with van der Waals surface area (Å²) in [5, 5.41) is 14.6. The Hall–Kier alpha value is -4.59. The van der Waals surface area contributed by atoms with Crippen molar-refractivity contribution >= 4 is 40.6 Å². The highest BCUT2D eigenvalue weighted by atomic mass is 16.6. The molecule has 0 bridgehead atoms. The number of anilines is 2. The van der Waals surface area contributed by atoms with Crippen molar-refractivity contribution in [3.8, 4) is 0 Å². The monoisotopic (exact) mass is 535 g/mol. The summed E-state index contributed by atoms with van der Waals surface area (Å²) in [5.41, 5.74) is 1.52. The van der Waals surface area contributed by atoms with Gasteiger partial charge in [0, 0.05) is 34.5 Å². The third kappa shape index (κ3) is 3.48. The van der Waals surface area contributed by atoms with Crippen LogP contribution >= 0.6 is 0 Å². The van der Waals surface area contributed by atoms with E-state index in [0.29, 0.717) is 11.3 Å². The molecule has 3 aromatic rings. The summed E-state index contributed by atoms with van der Waals surface area (Å²) in [6.07, 6.45) is 3.88. The summed E-state index contributed by atoms with van der Waals surface area (Å²) in [6, 6.07) is 17.1. The Balaban J connectivity index is 1.68. The molecule has 1 amide bonds. The van der Waals surface area contributed by atoms with Crippen LogP contribution in [0.25, 0.3) is 6.08 Å². The molecule has 3 heterocycles. The number of ketones is 2. The number of nitro groups is 1. The fraction of sp³-hybridized carbons (Fsp3) is 0.281. The van der Waals surface area contributed by atoms with E-state index in [9.17, 15) is 24.5 Å². The molecule has 0 radical (unpaired) electrons. The molecule has 40 heavy (non-hydrogen) atoms. The predicted molar refractivity (Wildman–Crippen MR) is 152 cm³/mol. The van der Waals surface area contributed by atoms with Crippen LogP contribution in [0, 0.1) is 28.4 Å². The van der Waals surface area contributed by atoms with Crippen LogP contribution in [0.4, 0.5) is 17.1 Å². The van der Waals surface area contributed by atoms with Gasteiger partial charge in [0.15, 0.2) is 11.6 Å². The molecule has 3 aromatic carbocycles. The second-order valence-corrected chi connectivity index (χ2v) is 11.9. The van der Waals surface area contributed by atoms with E-state index in [0.717, 1.165) is 16.8 Å². The number of nitro benzene ring substituents is 1. The third-order valence-electron chi connectivity index (χ3n) is 8.42. The van der Waals surface area contributed by atoms with Crippen molar-refractivity contribution in [2.24, 2.45) is 11.3 Å². The van der Waals surface area contributed by atoms with Crippen LogP contribution in [0.15, 0.2) is 72.8 Å². The fourth-order valence-corrected chi connectivity index (χ4v) is 6.69. The Morgan fingerprint density at radius 1 is 1.02 bits per heavy atom. The van der Waals surface area contributed by atoms with Crippen molar-refractivity contribution in [1.29, 1.82) is 0 Å². The lowest BCUT2D eigenvalue weighted by Gasteiger charge is -2.38. The molecule has 0 unspecified atom stereocenters. The van der Waals surface area contributed by atoms with Crippen molar-refractivity contribution in [2.45, 2.75) is 45.2 Å². The van der Waals surface area contributed by atoms with Crippen molar-refractivity contribution < 1.29 is 19.3 Å². The molecule has 4 atom stereocenters. The number of Topliss-reactive ketones (excluding diaryl/α,β-unsaturated/α-hetero) is 2. The van der Waals surface area contributed by atoms with Gasteiger partial charge in [0.25, 0.3) is 5.69 Å². The largest absolute Gasteiger partial charge is 0.352 e. The van der Waals surface area contributed by atoms with Crippen LogP contribution in [-0.4, -0.2) is 34.5 Å². The first-order valence-corrected chi connectivity index (χ1v) is 13.3. The van der Waals surface area contributed by atoms with Gasteiger partial charge >= 0.3 is 0 Å². The lowest BCUT2D eigenvalue weighted by atomic mass is 9.63. The lowest BCUT2D eigenvalue weighted by Crippen LogP contribution is -2.51. The molecule has 1 saturated heterocycles. The molecular weight excluding hydrogens is 506 g/mol. The van der Waals surface area contributed by atoms with E-state index in [1.54, 1.807) is 6.07 Å². The first-order valence-electron chi connectivity index (χ1n) is 13.3. The number of aryl methyl sites for hydroxylation is 1. The molecule has 0 aromatic heterocycles. The van der Waals surface area contributed by atoms with E-state index < -0.39 is 39.5 Å². The van der Waals surface area contributed by atoms with E-state index in [1.165, 1.54) is 24.3 Å². The number of nitrogens with zero attached hydrogens (tertiary/aromatic N) is 2. The number of carbonyl (C=O) groups is 3. The van der Waals surface area contributed by atoms with Crippen LogP contribution in [-0.2, 0) is 15.0 Å². The number of hydrogen-bond acceptors (Lipinski definition) is 6. The summed E-state index contributed by atoms with van der Waals surface area (Å²) >= 11 is 0. The lowest BCUT2D eigenvalue weighted by molar-refractivity contribution is -0.384. The second-order valence-electron chi connectivity index (χ2n) is 11.9. The number of nitrogens with one attached hydrogen (secondary N) is 1. The normalized spacial score (nSPS) is 24.4. The van der Waals surface area contributed by atoms with Crippen molar-refractivity contribution in [3.63, 3.8) is 0 Å². The minimum atomic E-state index is -1.44. The van der Waals surface area contributed by atoms with E-state index in [2.05, 4.69) is 5.32 Å². The average molecular weight is 536 g/mol. The Morgan fingerprint density at radius 3 is 2.50 bits per heavy atom. The van der Waals surface area contributed by atoms with Crippen LogP contribution in [0.1, 0.15) is 47.8 Å². The van der Waals surface area contributed by atoms with Crippen LogP contribution in [0.2, 0.25) is 0 Å². The molecule has 3 aliphatic rings. The van der Waals surface area contributed by atoms with Gasteiger partial charge in [0.1, 0.15) is 11.5 Å². The van der Waals surface area contributed by atoms with Gasteiger partial charge in [0.05, 0.1) is 16.9 Å². The molecule has 1 spiro atoms. The van der Waals surface area contributed by atoms with Crippen molar-refractivity contribution in [2.75, 3.05) is 10.2 Å². The van der Waals surface area contributed by atoms with Crippen LogP contribution in [0.5, 0.6) is 0 Å². The van der Waals surface area contributed by atoms with Gasteiger partial charge in [-0.2, -0.15) is 0 Å². The van der Waals surface area contributed by atoms with Gasteiger partial charge in [-0.3, -0.25) is 24.5 Å². The Morgan fingerprint density at radius 2 is 1.77 bits per heavy atom. The number of non-ortho nitro benzene ring substituents is 1. The number of hydrogen-bond donors (Lipinski definition) is 1. The third-order valence-corrected chi connectivity index (χ3v) is 8.42. The number of carbonyl (C=O) groups excluding carboxylic acids is 3. The summed E-state index contributed by atoms with van der Waals surface area (Å²) in [7, 11) is 0. The molecule has 0 aliphatic carbocycles. The topological polar surface area (TPSA) is 110 Å². The zero-order valence-electron chi connectivity index (χ0n) is 22.7. The number of fused-ring (bicyclic) bond motifs is 6. The summed E-state index contributed by atoms with van der Waals surface area (Å²) in [5.74, 6) is -2.17. The average Bonchev–Trinajstić information content (AvgIpc) is 3.39. The Kier molecular flexibility index (Phi) is 5.59. The van der Waals surface area contributed by atoms with Gasteiger partial charge < -0.3 is 10.2 Å². The molecule has 8 nitrogen and oxygen atoms in total. The van der Waals surface area contributed by atoms with E-state index in [-0.39, 0.29) is 22.9 Å². The standard InChI is InChI=1S/C32H29N3O5/c1-18-12-14-24-19(16-18)13-15-25-32(22-10-5-6-11-23(22)33-30(32)38)26(27(34(24)25)29(37)31(2,3)4)28(36)20-8-7-9-21(17-20)35(39)40/h5-17,25-27H,1-4H3,(H,33,38)/t25-,26-,27-,32+/m0/s1. The number of benzene rings is 3.